The molecule has 0 aromatic rings. The number of ketones is 1. The van der Waals surface area contributed by atoms with Crippen molar-refractivity contribution >= 4 is 11.8 Å². The Labute approximate surface area is 82.6 Å². The number of ether oxygens (including phenoxy) is 1. The fraction of sp³-hybridized carbons (Fsp3) is 0.400. The molecule has 1 rings (SSSR count). The van der Waals surface area contributed by atoms with Gasteiger partial charge in [-0.2, -0.15) is 0 Å². The Bertz CT molecular complexity index is 315. The monoisotopic (exact) mass is 195 g/mol. The SMILES string of the molecule is CCOC(=O)C1=CNC=C(C(C)=O)C1. The summed E-state index contributed by atoms with van der Waals surface area (Å²) in [7, 11) is 0. The molecular weight excluding hydrogens is 182 g/mol. The lowest BCUT2D eigenvalue weighted by Gasteiger charge is -2.12. The summed E-state index contributed by atoms with van der Waals surface area (Å²) in [5, 5.41) is 2.76. The van der Waals surface area contributed by atoms with Crippen molar-refractivity contribution in [3.8, 4) is 0 Å². The molecule has 0 aromatic carbocycles. The Balaban J connectivity index is 2.63. The first-order chi connectivity index (χ1) is 6.65. The molecule has 0 saturated heterocycles. The summed E-state index contributed by atoms with van der Waals surface area (Å²) in [5.74, 6) is -0.403. The summed E-state index contributed by atoms with van der Waals surface area (Å²) in [5.41, 5.74) is 1.08. The lowest BCUT2D eigenvalue weighted by atomic mass is 10.0. The summed E-state index contributed by atoms with van der Waals surface area (Å²) in [6, 6.07) is 0. The summed E-state index contributed by atoms with van der Waals surface area (Å²) in [6.45, 7) is 3.56. The standard InChI is InChI=1S/C10H13NO3/c1-3-14-10(13)9-4-8(7(2)12)5-11-6-9/h5-6,11H,3-4H2,1-2H3. The van der Waals surface area contributed by atoms with E-state index in [-0.39, 0.29) is 11.8 Å². The number of dihydropyridines is 1. The van der Waals surface area contributed by atoms with Gasteiger partial charge in [-0.3, -0.25) is 4.79 Å². The van der Waals surface area contributed by atoms with Gasteiger partial charge >= 0.3 is 5.97 Å². The first-order valence-electron chi connectivity index (χ1n) is 4.47. The van der Waals surface area contributed by atoms with E-state index in [4.69, 9.17) is 4.74 Å². The second kappa shape index (κ2) is 4.60. The minimum atomic E-state index is -0.369. The molecule has 4 heteroatoms. The second-order valence-electron chi connectivity index (χ2n) is 2.96. The molecule has 0 unspecified atom stereocenters. The van der Waals surface area contributed by atoms with Gasteiger partial charge in [-0.05, 0) is 13.8 Å². The second-order valence-corrected chi connectivity index (χ2v) is 2.96. The number of hydrogen-bond donors (Lipinski definition) is 1. The van der Waals surface area contributed by atoms with Crippen LogP contribution in [0.25, 0.3) is 0 Å². The van der Waals surface area contributed by atoms with E-state index < -0.39 is 0 Å². The third-order valence-electron chi connectivity index (χ3n) is 1.89. The number of hydrogen-bond acceptors (Lipinski definition) is 4. The van der Waals surface area contributed by atoms with Crippen LogP contribution in [0, 0.1) is 0 Å². The van der Waals surface area contributed by atoms with Gasteiger partial charge in [0.2, 0.25) is 0 Å². The third-order valence-corrected chi connectivity index (χ3v) is 1.89. The summed E-state index contributed by atoms with van der Waals surface area (Å²) < 4.78 is 4.82. The molecule has 1 N–H and O–H groups in total. The lowest BCUT2D eigenvalue weighted by Crippen LogP contribution is -2.17. The molecule has 0 aliphatic carbocycles. The van der Waals surface area contributed by atoms with Crippen LogP contribution in [0.2, 0.25) is 0 Å². The molecular formula is C10H13NO3. The van der Waals surface area contributed by atoms with Gasteiger partial charge in [-0.25, -0.2) is 4.79 Å². The van der Waals surface area contributed by atoms with Gasteiger partial charge in [0.15, 0.2) is 5.78 Å². The first-order valence-corrected chi connectivity index (χ1v) is 4.47. The fourth-order valence-electron chi connectivity index (χ4n) is 1.13. The largest absolute Gasteiger partial charge is 0.463 e. The number of allylic oxidation sites excluding steroid dienone is 1. The van der Waals surface area contributed by atoms with Gasteiger partial charge in [-0.15, -0.1) is 0 Å². The molecule has 1 heterocycles. The molecule has 0 atom stereocenters. The predicted octanol–water partition coefficient (Wildman–Crippen LogP) is 0.900. The van der Waals surface area contributed by atoms with Crippen molar-refractivity contribution in [2.24, 2.45) is 0 Å². The highest BCUT2D eigenvalue weighted by molar-refractivity contribution is 5.97. The van der Waals surface area contributed by atoms with Gasteiger partial charge in [0.25, 0.3) is 0 Å². The quantitative estimate of drug-likeness (QED) is 0.680. The van der Waals surface area contributed by atoms with E-state index in [2.05, 4.69) is 5.32 Å². The molecule has 1 aliphatic heterocycles. The number of Topliss-reactive ketones (excluding diaryl/α,β-unsaturated/α-hetero) is 1. The fourth-order valence-corrected chi connectivity index (χ4v) is 1.13. The van der Waals surface area contributed by atoms with Crippen LogP contribution in [-0.4, -0.2) is 18.4 Å². The Hall–Kier alpha value is -1.58. The van der Waals surface area contributed by atoms with Crippen molar-refractivity contribution in [3.05, 3.63) is 23.5 Å². The van der Waals surface area contributed by atoms with Crippen LogP contribution in [0.4, 0.5) is 0 Å². The zero-order valence-electron chi connectivity index (χ0n) is 8.29. The van der Waals surface area contributed by atoms with E-state index >= 15 is 0 Å². The Morgan fingerprint density at radius 1 is 1.43 bits per heavy atom. The van der Waals surface area contributed by atoms with Crippen LogP contribution in [-0.2, 0) is 14.3 Å². The Morgan fingerprint density at radius 3 is 2.64 bits per heavy atom. The van der Waals surface area contributed by atoms with Gasteiger partial charge in [0, 0.05) is 24.4 Å². The first kappa shape index (κ1) is 10.5. The van der Waals surface area contributed by atoms with E-state index in [0.717, 1.165) is 0 Å². The van der Waals surface area contributed by atoms with Crippen molar-refractivity contribution in [3.63, 3.8) is 0 Å². The highest BCUT2D eigenvalue weighted by atomic mass is 16.5. The Kier molecular flexibility index (Phi) is 3.45. The molecule has 14 heavy (non-hydrogen) atoms. The van der Waals surface area contributed by atoms with Crippen LogP contribution in [0.1, 0.15) is 20.3 Å². The minimum absolute atomic E-state index is 0.0348. The summed E-state index contributed by atoms with van der Waals surface area (Å²) in [6.07, 6.45) is 3.51. The summed E-state index contributed by atoms with van der Waals surface area (Å²) in [4.78, 5) is 22.3. The van der Waals surface area contributed by atoms with E-state index in [0.29, 0.717) is 24.2 Å². The average molecular weight is 195 g/mol. The molecule has 0 bridgehead atoms. The van der Waals surface area contributed by atoms with E-state index in [1.165, 1.54) is 6.92 Å². The third kappa shape index (κ3) is 2.45. The number of nitrogens with one attached hydrogen (secondary N) is 1. The van der Waals surface area contributed by atoms with Gasteiger partial charge in [0.05, 0.1) is 12.2 Å². The zero-order chi connectivity index (χ0) is 10.6. The maximum absolute atomic E-state index is 11.3. The average Bonchev–Trinajstić information content (AvgIpc) is 2.18. The van der Waals surface area contributed by atoms with Gasteiger partial charge in [-0.1, -0.05) is 0 Å². The van der Waals surface area contributed by atoms with Crippen LogP contribution < -0.4 is 5.32 Å². The van der Waals surface area contributed by atoms with E-state index in [1.807, 2.05) is 0 Å². The maximum Gasteiger partial charge on any atom is 0.335 e. The normalized spacial score (nSPS) is 15.0. The van der Waals surface area contributed by atoms with E-state index in [9.17, 15) is 9.59 Å². The van der Waals surface area contributed by atoms with Crippen LogP contribution in [0.3, 0.4) is 0 Å². The van der Waals surface area contributed by atoms with Crippen LogP contribution in [0.5, 0.6) is 0 Å². The highest BCUT2D eigenvalue weighted by Gasteiger charge is 2.17. The van der Waals surface area contributed by atoms with E-state index in [1.54, 1.807) is 19.3 Å². The minimum Gasteiger partial charge on any atom is -0.463 e. The molecule has 0 saturated carbocycles. The van der Waals surface area contributed by atoms with Crippen molar-refractivity contribution in [2.45, 2.75) is 20.3 Å². The molecule has 0 radical (unpaired) electrons. The molecule has 76 valence electrons. The number of carbonyl (C=O) groups excluding carboxylic acids is 2. The lowest BCUT2D eigenvalue weighted by molar-refractivity contribution is -0.138. The maximum atomic E-state index is 11.3. The highest BCUT2D eigenvalue weighted by Crippen LogP contribution is 2.15. The molecule has 0 fully saturated rings. The van der Waals surface area contributed by atoms with Gasteiger partial charge in [0.1, 0.15) is 0 Å². The van der Waals surface area contributed by atoms with Crippen molar-refractivity contribution in [1.82, 2.24) is 5.32 Å². The summed E-state index contributed by atoms with van der Waals surface area (Å²) >= 11 is 0. The smallest absolute Gasteiger partial charge is 0.335 e. The van der Waals surface area contributed by atoms with Crippen LogP contribution >= 0.6 is 0 Å². The zero-order valence-corrected chi connectivity index (χ0v) is 8.29. The molecule has 4 nitrogen and oxygen atoms in total. The van der Waals surface area contributed by atoms with Crippen LogP contribution in [0.15, 0.2) is 23.5 Å². The van der Waals surface area contributed by atoms with Crippen molar-refractivity contribution < 1.29 is 14.3 Å². The Morgan fingerprint density at radius 2 is 2.07 bits per heavy atom. The number of carbonyl (C=O) groups is 2. The molecule has 0 spiro atoms. The predicted molar refractivity (Wildman–Crippen MR) is 51.2 cm³/mol. The molecule has 0 amide bonds. The molecule has 1 aliphatic rings. The van der Waals surface area contributed by atoms with Crippen molar-refractivity contribution in [2.75, 3.05) is 6.61 Å². The topological polar surface area (TPSA) is 55.4 Å². The number of esters is 1. The van der Waals surface area contributed by atoms with Crippen molar-refractivity contribution in [1.29, 1.82) is 0 Å². The number of rotatable bonds is 3. The molecule has 0 aromatic heterocycles. The van der Waals surface area contributed by atoms with Gasteiger partial charge < -0.3 is 10.1 Å².